The molecule has 0 amide bonds. The second-order valence-electron chi connectivity index (χ2n) is 3.91. The average molecular weight is 270 g/mol. The summed E-state index contributed by atoms with van der Waals surface area (Å²) >= 11 is 5.08. The molecule has 0 aliphatic heterocycles. The summed E-state index contributed by atoms with van der Waals surface area (Å²) in [6.45, 7) is 5.93. The standard InChI is InChI=1S/C13H19FN2OS/c1-3-17-8-4-7-15-13(18)16-12-6-5-10(2)9-11(12)14/h5-6,9H,3-4,7-8H2,1-2H3,(H2,15,16,18). The van der Waals surface area contributed by atoms with Crippen molar-refractivity contribution in [3.8, 4) is 0 Å². The van der Waals surface area contributed by atoms with E-state index in [0.29, 0.717) is 24.0 Å². The Balaban J connectivity index is 2.31. The lowest BCUT2D eigenvalue weighted by molar-refractivity contribution is 0.146. The minimum atomic E-state index is -0.298. The van der Waals surface area contributed by atoms with Crippen molar-refractivity contribution in [1.82, 2.24) is 5.32 Å². The lowest BCUT2D eigenvalue weighted by Gasteiger charge is -2.11. The average Bonchev–Trinajstić information content (AvgIpc) is 2.32. The molecule has 0 fully saturated rings. The summed E-state index contributed by atoms with van der Waals surface area (Å²) in [7, 11) is 0. The van der Waals surface area contributed by atoms with E-state index in [-0.39, 0.29) is 5.82 Å². The van der Waals surface area contributed by atoms with Crippen molar-refractivity contribution < 1.29 is 9.13 Å². The maximum Gasteiger partial charge on any atom is 0.170 e. The zero-order chi connectivity index (χ0) is 13.4. The number of hydrogen-bond acceptors (Lipinski definition) is 2. The molecule has 0 bridgehead atoms. The smallest absolute Gasteiger partial charge is 0.170 e. The Morgan fingerprint density at radius 1 is 1.44 bits per heavy atom. The number of ether oxygens (including phenoxy) is 1. The summed E-state index contributed by atoms with van der Waals surface area (Å²) < 4.78 is 18.7. The predicted molar refractivity (Wildman–Crippen MR) is 76.5 cm³/mol. The van der Waals surface area contributed by atoms with Crippen LogP contribution in [0.25, 0.3) is 0 Å². The predicted octanol–water partition coefficient (Wildman–Crippen LogP) is 2.85. The largest absolute Gasteiger partial charge is 0.382 e. The molecule has 0 heterocycles. The highest BCUT2D eigenvalue weighted by Crippen LogP contribution is 2.14. The Morgan fingerprint density at radius 3 is 2.89 bits per heavy atom. The number of thiocarbonyl (C=S) groups is 1. The van der Waals surface area contributed by atoms with Crippen LogP contribution in [0.1, 0.15) is 18.9 Å². The third kappa shape index (κ3) is 5.42. The van der Waals surface area contributed by atoms with Gasteiger partial charge in [0.25, 0.3) is 0 Å². The van der Waals surface area contributed by atoms with Crippen molar-refractivity contribution in [2.75, 3.05) is 25.1 Å². The van der Waals surface area contributed by atoms with Crippen molar-refractivity contribution in [2.45, 2.75) is 20.3 Å². The van der Waals surface area contributed by atoms with Crippen LogP contribution < -0.4 is 10.6 Å². The molecule has 0 atom stereocenters. The molecule has 3 nitrogen and oxygen atoms in total. The maximum absolute atomic E-state index is 13.5. The molecule has 100 valence electrons. The minimum Gasteiger partial charge on any atom is -0.382 e. The van der Waals surface area contributed by atoms with Gasteiger partial charge in [0.1, 0.15) is 5.82 Å². The quantitative estimate of drug-likeness (QED) is 0.615. The number of anilines is 1. The minimum absolute atomic E-state index is 0.298. The van der Waals surface area contributed by atoms with Gasteiger partial charge in [-0.25, -0.2) is 4.39 Å². The van der Waals surface area contributed by atoms with E-state index in [4.69, 9.17) is 17.0 Å². The van der Waals surface area contributed by atoms with Gasteiger partial charge in [0, 0.05) is 19.8 Å². The van der Waals surface area contributed by atoms with E-state index < -0.39 is 0 Å². The van der Waals surface area contributed by atoms with Gasteiger partial charge in [0.2, 0.25) is 0 Å². The van der Waals surface area contributed by atoms with Gasteiger partial charge in [0.05, 0.1) is 5.69 Å². The van der Waals surface area contributed by atoms with Crippen molar-refractivity contribution >= 4 is 23.0 Å². The van der Waals surface area contributed by atoms with Crippen LogP contribution in [0.3, 0.4) is 0 Å². The molecule has 0 spiro atoms. The fraction of sp³-hybridized carbons (Fsp3) is 0.462. The van der Waals surface area contributed by atoms with E-state index in [1.807, 2.05) is 19.9 Å². The Bertz CT molecular complexity index is 399. The second-order valence-corrected chi connectivity index (χ2v) is 4.32. The monoisotopic (exact) mass is 270 g/mol. The molecule has 1 aromatic rings. The van der Waals surface area contributed by atoms with Crippen LogP contribution >= 0.6 is 12.2 Å². The second kappa shape index (κ2) is 8.00. The van der Waals surface area contributed by atoms with Crippen molar-refractivity contribution in [3.63, 3.8) is 0 Å². The molecule has 2 N–H and O–H groups in total. The number of rotatable bonds is 6. The lowest BCUT2D eigenvalue weighted by Crippen LogP contribution is -2.30. The first-order chi connectivity index (χ1) is 8.63. The molecule has 0 saturated carbocycles. The number of nitrogens with one attached hydrogen (secondary N) is 2. The molecule has 0 aliphatic rings. The summed E-state index contributed by atoms with van der Waals surface area (Å²) in [5.41, 5.74) is 1.27. The summed E-state index contributed by atoms with van der Waals surface area (Å²) in [4.78, 5) is 0. The molecule has 18 heavy (non-hydrogen) atoms. The highest BCUT2D eigenvalue weighted by Gasteiger charge is 2.03. The van der Waals surface area contributed by atoms with Crippen molar-refractivity contribution in [2.24, 2.45) is 0 Å². The zero-order valence-corrected chi connectivity index (χ0v) is 11.6. The fourth-order valence-electron chi connectivity index (χ4n) is 1.41. The van der Waals surface area contributed by atoms with Crippen molar-refractivity contribution in [1.29, 1.82) is 0 Å². The topological polar surface area (TPSA) is 33.3 Å². The number of halogens is 1. The van der Waals surface area contributed by atoms with Gasteiger partial charge in [-0.05, 0) is 50.2 Å². The number of aryl methyl sites for hydroxylation is 1. The van der Waals surface area contributed by atoms with Crippen LogP contribution in [0.15, 0.2) is 18.2 Å². The number of benzene rings is 1. The van der Waals surface area contributed by atoms with Gasteiger partial charge in [0.15, 0.2) is 5.11 Å². The van der Waals surface area contributed by atoms with Gasteiger partial charge in [-0.15, -0.1) is 0 Å². The zero-order valence-electron chi connectivity index (χ0n) is 10.8. The summed E-state index contributed by atoms with van der Waals surface area (Å²) in [5, 5.41) is 6.26. The highest BCUT2D eigenvalue weighted by atomic mass is 32.1. The van der Waals surface area contributed by atoms with E-state index >= 15 is 0 Å². The molecular formula is C13H19FN2OS. The van der Waals surface area contributed by atoms with Gasteiger partial charge in [-0.1, -0.05) is 6.07 Å². The molecule has 0 radical (unpaired) electrons. The molecule has 5 heteroatoms. The lowest BCUT2D eigenvalue weighted by atomic mass is 10.2. The molecule has 1 rings (SSSR count). The first-order valence-electron chi connectivity index (χ1n) is 6.02. The van der Waals surface area contributed by atoms with E-state index in [2.05, 4.69) is 10.6 Å². The first-order valence-corrected chi connectivity index (χ1v) is 6.43. The molecule has 0 aromatic heterocycles. The maximum atomic E-state index is 13.5. The number of hydrogen-bond donors (Lipinski definition) is 2. The van der Waals surface area contributed by atoms with Crippen molar-refractivity contribution in [3.05, 3.63) is 29.6 Å². The summed E-state index contributed by atoms with van der Waals surface area (Å²) in [5.74, 6) is -0.298. The third-order valence-electron chi connectivity index (χ3n) is 2.33. The van der Waals surface area contributed by atoms with E-state index in [9.17, 15) is 4.39 Å². The molecular weight excluding hydrogens is 251 g/mol. The van der Waals surface area contributed by atoms with Crippen LogP contribution in [-0.4, -0.2) is 24.9 Å². The Kier molecular flexibility index (Phi) is 6.60. The molecule has 0 unspecified atom stereocenters. The summed E-state index contributed by atoms with van der Waals surface area (Å²) in [6, 6.07) is 4.99. The van der Waals surface area contributed by atoms with Gasteiger partial charge < -0.3 is 15.4 Å². The third-order valence-corrected chi connectivity index (χ3v) is 2.57. The SMILES string of the molecule is CCOCCCNC(=S)Nc1ccc(C)cc1F. The fourth-order valence-corrected chi connectivity index (χ4v) is 1.62. The Hall–Kier alpha value is -1.20. The Morgan fingerprint density at radius 2 is 2.22 bits per heavy atom. The van der Waals surface area contributed by atoms with Crippen LogP contribution in [0, 0.1) is 12.7 Å². The molecule has 0 saturated heterocycles. The van der Waals surface area contributed by atoms with Crippen LogP contribution in [0.2, 0.25) is 0 Å². The first kappa shape index (κ1) is 14.9. The summed E-state index contributed by atoms with van der Waals surface area (Å²) in [6.07, 6.45) is 0.867. The molecule has 0 aliphatic carbocycles. The normalized spacial score (nSPS) is 10.2. The van der Waals surface area contributed by atoms with Crippen LogP contribution in [-0.2, 0) is 4.74 Å². The molecule has 1 aromatic carbocycles. The van der Waals surface area contributed by atoms with Crippen LogP contribution in [0.5, 0.6) is 0 Å². The van der Waals surface area contributed by atoms with E-state index in [1.54, 1.807) is 6.07 Å². The van der Waals surface area contributed by atoms with E-state index in [1.165, 1.54) is 6.07 Å². The van der Waals surface area contributed by atoms with Gasteiger partial charge >= 0.3 is 0 Å². The van der Waals surface area contributed by atoms with Gasteiger partial charge in [-0.3, -0.25) is 0 Å². The Labute approximate surface area is 113 Å². The van der Waals surface area contributed by atoms with Gasteiger partial charge in [-0.2, -0.15) is 0 Å². The highest BCUT2D eigenvalue weighted by molar-refractivity contribution is 7.80. The van der Waals surface area contributed by atoms with Crippen LogP contribution in [0.4, 0.5) is 10.1 Å². The van der Waals surface area contributed by atoms with E-state index in [0.717, 1.165) is 18.6 Å².